The number of aliphatic hydroxyl groups excluding tert-OH is 1. The molecular formula is C10H13N3O4. The van der Waals surface area contributed by atoms with E-state index in [1.807, 2.05) is 0 Å². The predicted molar refractivity (Wildman–Crippen MR) is 58.1 cm³/mol. The van der Waals surface area contributed by atoms with E-state index in [4.69, 9.17) is 10.2 Å². The number of hydrogen-bond acceptors (Lipinski definition) is 4. The number of carbonyl (C=O) groups excluding carboxylic acids is 1. The van der Waals surface area contributed by atoms with E-state index < -0.39 is 24.6 Å². The van der Waals surface area contributed by atoms with Gasteiger partial charge in [0.1, 0.15) is 0 Å². The van der Waals surface area contributed by atoms with Crippen LogP contribution in [0.25, 0.3) is 0 Å². The number of rotatable bonds is 5. The third kappa shape index (κ3) is 4.47. The number of carbonyl (C=O) groups is 2. The number of aliphatic carboxylic acids is 1. The lowest BCUT2D eigenvalue weighted by Gasteiger charge is -2.12. The molecule has 0 saturated heterocycles. The Morgan fingerprint density at radius 1 is 1.47 bits per heavy atom. The molecule has 2 amide bonds. The highest BCUT2D eigenvalue weighted by molar-refractivity contribution is 5.82. The number of aliphatic hydroxyl groups is 1. The lowest BCUT2D eigenvalue weighted by atomic mass is 10.3. The number of hydrogen-bond donors (Lipinski definition) is 4. The number of carboxylic acid groups (broad SMARTS) is 1. The Bertz CT molecular complexity index is 382. The highest BCUT2D eigenvalue weighted by Crippen LogP contribution is 1.94. The SMILES string of the molecule is O=C(NCc1cccnc1)N[C@H](CO)C(=O)O. The third-order valence-electron chi connectivity index (χ3n) is 1.96. The van der Waals surface area contributed by atoms with Gasteiger partial charge in [-0.1, -0.05) is 6.07 Å². The molecule has 7 heteroatoms. The van der Waals surface area contributed by atoms with Crippen molar-refractivity contribution in [2.75, 3.05) is 6.61 Å². The van der Waals surface area contributed by atoms with Crippen LogP contribution in [0.5, 0.6) is 0 Å². The fraction of sp³-hybridized carbons (Fsp3) is 0.300. The van der Waals surface area contributed by atoms with E-state index in [2.05, 4.69) is 15.6 Å². The minimum Gasteiger partial charge on any atom is -0.480 e. The van der Waals surface area contributed by atoms with Gasteiger partial charge in [0.15, 0.2) is 6.04 Å². The van der Waals surface area contributed by atoms with Crippen LogP contribution < -0.4 is 10.6 Å². The topological polar surface area (TPSA) is 112 Å². The first-order chi connectivity index (χ1) is 8.13. The molecule has 1 rings (SSSR count). The average Bonchev–Trinajstić information content (AvgIpc) is 2.34. The van der Waals surface area contributed by atoms with Crippen molar-refractivity contribution < 1.29 is 19.8 Å². The van der Waals surface area contributed by atoms with Crippen LogP contribution in [0.4, 0.5) is 4.79 Å². The normalized spacial score (nSPS) is 11.6. The Morgan fingerprint density at radius 2 is 2.24 bits per heavy atom. The molecule has 0 bridgehead atoms. The molecular weight excluding hydrogens is 226 g/mol. The van der Waals surface area contributed by atoms with Crippen LogP contribution in [0.3, 0.4) is 0 Å². The highest BCUT2D eigenvalue weighted by Gasteiger charge is 2.18. The summed E-state index contributed by atoms with van der Waals surface area (Å²) in [6.45, 7) is -0.424. The van der Waals surface area contributed by atoms with Crippen molar-refractivity contribution >= 4 is 12.0 Å². The minimum atomic E-state index is -1.30. The van der Waals surface area contributed by atoms with Gasteiger partial charge in [0.2, 0.25) is 0 Å². The molecule has 17 heavy (non-hydrogen) atoms. The largest absolute Gasteiger partial charge is 0.480 e. The smallest absolute Gasteiger partial charge is 0.328 e. The molecule has 0 aliphatic carbocycles. The van der Waals surface area contributed by atoms with Gasteiger partial charge in [-0.2, -0.15) is 0 Å². The molecule has 1 heterocycles. The highest BCUT2D eigenvalue weighted by atomic mass is 16.4. The van der Waals surface area contributed by atoms with Crippen LogP contribution in [-0.4, -0.2) is 39.8 Å². The maximum absolute atomic E-state index is 11.3. The molecule has 0 spiro atoms. The zero-order valence-electron chi connectivity index (χ0n) is 8.96. The van der Waals surface area contributed by atoms with E-state index in [0.29, 0.717) is 0 Å². The van der Waals surface area contributed by atoms with Crippen LogP contribution in [0.2, 0.25) is 0 Å². The van der Waals surface area contributed by atoms with Crippen LogP contribution >= 0.6 is 0 Å². The van der Waals surface area contributed by atoms with E-state index in [9.17, 15) is 9.59 Å². The van der Waals surface area contributed by atoms with Gasteiger partial charge < -0.3 is 20.8 Å². The number of urea groups is 1. The summed E-state index contributed by atoms with van der Waals surface area (Å²) < 4.78 is 0. The molecule has 0 unspecified atom stereocenters. The number of carboxylic acids is 1. The van der Waals surface area contributed by atoms with Crippen molar-refractivity contribution in [3.63, 3.8) is 0 Å². The molecule has 92 valence electrons. The van der Waals surface area contributed by atoms with Gasteiger partial charge in [0, 0.05) is 18.9 Å². The summed E-state index contributed by atoms with van der Waals surface area (Å²) in [5, 5.41) is 21.9. The summed E-state index contributed by atoms with van der Waals surface area (Å²) in [6, 6.07) is 1.54. The molecule has 0 saturated carbocycles. The van der Waals surface area contributed by atoms with Gasteiger partial charge in [-0.3, -0.25) is 4.98 Å². The van der Waals surface area contributed by atoms with Crippen molar-refractivity contribution in [3.8, 4) is 0 Å². The molecule has 0 aromatic carbocycles. The Hall–Kier alpha value is -2.15. The van der Waals surface area contributed by atoms with Crippen LogP contribution in [-0.2, 0) is 11.3 Å². The van der Waals surface area contributed by atoms with Crippen molar-refractivity contribution in [3.05, 3.63) is 30.1 Å². The second kappa shape index (κ2) is 6.44. The van der Waals surface area contributed by atoms with Gasteiger partial charge in [-0.25, -0.2) is 9.59 Å². The molecule has 1 aromatic rings. The van der Waals surface area contributed by atoms with E-state index in [0.717, 1.165) is 5.56 Å². The van der Waals surface area contributed by atoms with E-state index >= 15 is 0 Å². The molecule has 0 fully saturated rings. The third-order valence-corrected chi connectivity index (χ3v) is 1.96. The standard InChI is InChI=1S/C10H13N3O4/c14-6-8(9(15)16)13-10(17)12-5-7-2-1-3-11-4-7/h1-4,8,14H,5-6H2,(H,15,16)(H2,12,13,17)/t8-/m1/s1. The monoisotopic (exact) mass is 239 g/mol. The second-order valence-corrected chi connectivity index (χ2v) is 3.26. The Kier molecular flexibility index (Phi) is 4.89. The summed E-state index contributed by atoms with van der Waals surface area (Å²) >= 11 is 0. The van der Waals surface area contributed by atoms with Crippen LogP contribution in [0.1, 0.15) is 5.56 Å². The maximum Gasteiger partial charge on any atom is 0.328 e. The van der Waals surface area contributed by atoms with Crippen molar-refractivity contribution in [1.82, 2.24) is 15.6 Å². The summed E-state index contributed by atoms with van der Waals surface area (Å²) in [5.41, 5.74) is 0.790. The summed E-state index contributed by atoms with van der Waals surface area (Å²) in [5.74, 6) is -1.29. The number of amides is 2. The van der Waals surface area contributed by atoms with E-state index in [-0.39, 0.29) is 6.54 Å². The summed E-state index contributed by atoms with van der Waals surface area (Å²) in [6.07, 6.45) is 3.19. The van der Waals surface area contributed by atoms with E-state index in [1.165, 1.54) is 0 Å². The predicted octanol–water partition coefficient (Wildman–Crippen LogP) is -0.674. The van der Waals surface area contributed by atoms with Crippen molar-refractivity contribution in [1.29, 1.82) is 0 Å². The maximum atomic E-state index is 11.3. The average molecular weight is 239 g/mol. The molecule has 1 aromatic heterocycles. The Morgan fingerprint density at radius 3 is 2.76 bits per heavy atom. The summed E-state index contributed by atoms with van der Waals surface area (Å²) in [4.78, 5) is 25.7. The number of nitrogens with one attached hydrogen (secondary N) is 2. The molecule has 4 N–H and O–H groups in total. The molecule has 0 aliphatic rings. The number of nitrogens with zero attached hydrogens (tertiary/aromatic N) is 1. The number of aromatic nitrogens is 1. The first kappa shape index (κ1) is 12.9. The fourth-order valence-electron chi connectivity index (χ4n) is 1.08. The van der Waals surface area contributed by atoms with Gasteiger partial charge >= 0.3 is 12.0 Å². The van der Waals surface area contributed by atoms with E-state index in [1.54, 1.807) is 24.5 Å². The minimum absolute atomic E-state index is 0.234. The molecule has 0 radical (unpaired) electrons. The van der Waals surface area contributed by atoms with Crippen LogP contribution in [0, 0.1) is 0 Å². The first-order valence-corrected chi connectivity index (χ1v) is 4.90. The van der Waals surface area contributed by atoms with Crippen LogP contribution in [0.15, 0.2) is 24.5 Å². The Balaban J connectivity index is 2.37. The van der Waals surface area contributed by atoms with Gasteiger partial charge in [0.25, 0.3) is 0 Å². The Labute approximate surface area is 97.5 Å². The number of pyridine rings is 1. The lowest BCUT2D eigenvalue weighted by molar-refractivity contribution is -0.140. The zero-order valence-corrected chi connectivity index (χ0v) is 8.96. The summed E-state index contributed by atoms with van der Waals surface area (Å²) in [7, 11) is 0. The second-order valence-electron chi connectivity index (χ2n) is 3.26. The quantitative estimate of drug-likeness (QED) is 0.544. The first-order valence-electron chi connectivity index (χ1n) is 4.90. The molecule has 0 aliphatic heterocycles. The van der Waals surface area contributed by atoms with Gasteiger partial charge in [-0.15, -0.1) is 0 Å². The lowest BCUT2D eigenvalue weighted by Crippen LogP contribution is -2.47. The molecule has 7 nitrogen and oxygen atoms in total. The van der Waals surface area contributed by atoms with Crippen molar-refractivity contribution in [2.24, 2.45) is 0 Å². The van der Waals surface area contributed by atoms with Crippen molar-refractivity contribution in [2.45, 2.75) is 12.6 Å². The fourth-order valence-corrected chi connectivity index (χ4v) is 1.08. The van der Waals surface area contributed by atoms with Gasteiger partial charge in [0.05, 0.1) is 6.61 Å². The molecule has 1 atom stereocenters. The zero-order chi connectivity index (χ0) is 12.7. The van der Waals surface area contributed by atoms with Gasteiger partial charge in [-0.05, 0) is 11.6 Å².